The number of halogens is 2. The molecular weight excluding hydrogens is 224 g/mol. The molecule has 17 heavy (non-hydrogen) atoms. The molecule has 1 aromatic heterocycles. The first-order valence-electron chi connectivity index (χ1n) is 6.12. The monoisotopic (exact) mass is 239 g/mol. The lowest BCUT2D eigenvalue weighted by Gasteiger charge is -2.31. The van der Waals surface area contributed by atoms with E-state index in [1.165, 1.54) is 5.56 Å². The van der Waals surface area contributed by atoms with Crippen LogP contribution in [0.2, 0.25) is 0 Å². The van der Waals surface area contributed by atoms with Crippen molar-refractivity contribution in [1.29, 1.82) is 0 Å². The van der Waals surface area contributed by atoms with Crippen molar-refractivity contribution in [1.82, 2.24) is 9.97 Å². The normalized spacial score (nSPS) is 22.6. The zero-order valence-electron chi connectivity index (χ0n) is 9.62. The Morgan fingerprint density at radius 3 is 2.71 bits per heavy atom. The highest BCUT2D eigenvalue weighted by molar-refractivity contribution is 5.35. The van der Waals surface area contributed by atoms with Crippen LogP contribution >= 0.6 is 0 Å². The summed E-state index contributed by atoms with van der Waals surface area (Å²) in [6.45, 7) is 0.706. The second kappa shape index (κ2) is 3.89. The second-order valence-electron chi connectivity index (χ2n) is 4.84. The largest absolute Gasteiger partial charge is 0.340 e. The molecule has 1 aromatic rings. The van der Waals surface area contributed by atoms with Gasteiger partial charge >= 0.3 is 0 Å². The van der Waals surface area contributed by atoms with Crippen molar-refractivity contribution in [3.8, 4) is 0 Å². The third-order valence-electron chi connectivity index (χ3n) is 3.58. The van der Waals surface area contributed by atoms with Crippen LogP contribution in [-0.2, 0) is 12.8 Å². The van der Waals surface area contributed by atoms with E-state index in [-0.39, 0.29) is 12.8 Å². The highest BCUT2D eigenvalue weighted by Crippen LogP contribution is 2.30. The van der Waals surface area contributed by atoms with E-state index in [1.54, 1.807) is 0 Å². The molecule has 0 spiro atoms. The molecule has 0 N–H and O–H groups in total. The summed E-state index contributed by atoms with van der Waals surface area (Å²) < 4.78 is 26.1. The lowest BCUT2D eigenvalue weighted by molar-refractivity contribution is -0.0222. The lowest BCUT2D eigenvalue weighted by atomic mass is 10.1. The third-order valence-corrected chi connectivity index (χ3v) is 3.58. The van der Waals surface area contributed by atoms with Gasteiger partial charge in [0.2, 0.25) is 5.95 Å². The fourth-order valence-electron chi connectivity index (χ4n) is 2.49. The second-order valence-corrected chi connectivity index (χ2v) is 4.84. The van der Waals surface area contributed by atoms with Crippen LogP contribution in [0.4, 0.5) is 14.7 Å². The van der Waals surface area contributed by atoms with E-state index in [2.05, 4.69) is 9.97 Å². The molecule has 0 radical (unpaired) electrons. The highest BCUT2D eigenvalue weighted by atomic mass is 19.3. The van der Waals surface area contributed by atoms with Crippen LogP contribution in [-0.4, -0.2) is 29.0 Å². The summed E-state index contributed by atoms with van der Waals surface area (Å²) in [6.07, 6.45) is 4.85. The molecule has 3 rings (SSSR count). The van der Waals surface area contributed by atoms with Gasteiger partial charge in [0.05, 0.1) is 0 Å². The Morgan fingerprint density at radius 1 is 1.18 bits per heavy atom. The molecule has 1 aliphatic carbocycles. The van der Waals surface area contributed by atoms with E-state index in [0.29, 0.717) is 19.0 Å². The first-order valence-corrected chi connectivity index (χ1v) is 6.12. The van der Waals surface area contributed by atoms with E-state index >= 15 is 0 Å². The van der Waals surface area contributed by atoms with Gasteiger partial charge in [0.15, 0.2) is 0 Å². The van der Waals surface area contributed by atoms with E-state index < -0.39 is 5.92 Å². The summed E-state index contributed by atoms with van der Waals surface area (Å²) in [4.78, 5) is 10.7. The fourth-order valence-corrected chi connectivity index (χ4v) is 2.49. The number of nitrogens with zero attached hydrogens (tertiary/aromatic N) is 3. The molecule has 2 heterocycles. The van der Waals surface area contributed by atoms with Gasteiger partial charge in [-0.3, -0.25) is 0 Å². The molecule has 1 saturated heterocycles. The maximum Gasteiger partial charge on any atom is 0.251 e. The van der Waals surface area contributed by atoms with Gasteiger partial charge < -0.3 is 4.90 Å². The number of fused-ring (bicyclic) bond motifs is 1. The van der Waals surface area contributed by atoms with Crippen molar-refractivity contribution >= 4 is 5.95 Å². The van der Waals surface area contributed by atoms with E-state index in [9.17, 15) is 8.78 Å². The van der Waals surface area contributed by atoms with Crippen LogP contribution in [0, 0.1) is 0 Å². The summed E-state index contributed by atoms with van der Waals surface area (Å²) in [7, 11) is 0. The SMILES string of the molecule is FC1(F)CCN(c2ncc3c(n2)CCC3)CC1. The molecule has 0 amide bonds. The quantitative estimate of drug-likeness (QED) is 0.752. The minimum Gasteiger partial charge on any atom is -0.340 e. The molecular formula is C12H15F2N3. The van der Waals surface area contributed by atoms with Crippen LogP contribution in [0.3, 0.4) is 0 Å². The van der Waals surface area contributed by atoms with Gasteiger partial charge in [0, 0.05) is 37.8 Å². The molecule has 0 atom stereocenters. The average molecular weight is 239 g/mol. The van der Waals surface area contributed by atoms with Gasteiger partial charge in [-0.05, 0) is 24.8 Å². The van der Waals surface area contributed by atoms with Crippen molar-refractivity contribution in [2.45, 2.75) is 38.0 Å². The maximum atomic E-state index is 13.0. The molecule has 0 saturated carbocycles. The van der Waals surface area contributed by atoms with Crippen LogP contribution in [0.25, 0.3) is 0 Å². The molecule has 92 valence electrons. The number of rotatable bonds is 1. The van der Waals surface area contributed by atoms with Crippen molar-refractivity contribution < 1.29 is 8.78 Å². The standard InChI is InChI=1S/C12H15F2N3/c13-12(14)4-6-17(7-5-12)11-15-8-9-2-1-3-10(9)16-11/h8H,1-7H2. The first-order chi connectivity index (χ1) is 8.14. The van der Waals surface area contributed by atoms with Crippen molar-refractivity contribution in [3.63, 3.8) is 0 Å². The topological polar surface area (TPSA) is 29.0 Å². The van der Waals surface area contributed by atoms with Gasteiger partial charge in [-0.15, -0.1) is 0 Å². The van der Waals surface area contributed by atoms with Crippen LogP contribution in [0.5, 0.6) is 0 Å². The molecule has 5 heteroatoms. The van der Waals surface area contributed by atoms with Crippen molar-refractivity contribution in [2.75, 3.05) is 18.0 Å². The minimum atomic E-state index is -2.51. The summed E-state index contributed by atoms with van der Waals surface area (Å²) >= 11 is 0. The number of anilines is 1. The molecule has 0 unspecified atom stereocenters. The Morgan fingerprint density at radius 2 is 1.94 bits per heavy atom. The Hall–Kier alpha value is -1.26. The Bertz CT molecular complexity index is 424. The zero-order valence-corrected chi connectivity index (χ0v) is 9.62. The Balaban J connectivity index is 1.77. The zero-order chi connectivity index (χ0) is 11.9. The molecule has 2 aliphatic rings. The number of piperidine rings is 1. The summed E-state index contributed by atoms with van der Waals surface area (Å²) in [5.41, 5.74) is 2.32. The Kier molecular flexibility index (Phi) is 2.49. The van der Waals surface area contributed by atoms with Gasteiger partial charge in [-0.25, -0.2) is 18.7 Å². The van der Waals surface area contributed by atoms with Crippen LogP contribution < -0.4 is 4.90 Å². The molecule has 3 nitrogen and oxygen atoms in total. The van der Waals surface area contributed by atoms with Gasteiger partial charge in [-0.2, -0.15) is 0 Å². The smallest absolute Gasteiger partial charge is 0.251 e. The predicted molar refractivity (Wildman–Crippen MR) is 60.5 cm³/mol. The third kappa shape index (κ3) is 2.10. The van der Waals surface area contributed by atoms with Gasteiger partial charge in [0.25, 0.3) is 5.92 Å². The number of hydrogen-bond acceptors (Lipinski definition) is 3. The number of aryl methyl sites for hydroxylation is 2. The average Bonchev–Trinajstić information content (AvgIpc) is 2.76. The van der Waals surface area contributed by atoms with E-state index in [0.717, 1.165) is 25.0 Å². The molecule has 0 aromatic carbocycles. The predicted octanol–water partition coefficient (Wildman–Crippen LogP) is 2.20. The van der Waals surface area contributed by atoms with E-state index in [1.807, 2.05) is 11.1 Å². The first kappa shape index (κ1) is 10.9. The number of aromatic nitrogens is 2. The number of hydrogen-bond donors (Lipinski definition) is 0. The van der Waals surface area contributed by atoms with E-state index in [4.69, 9.17) is 0 Å². The molecule has 1 aliphatic heterocycles. The fraction of sp³-hybridized carbons (Fsp3) is 0.667. The van der Waals surface area contributed by atoms with Gasteiger partial charge in [0.1, 0.15) is 0 Å². The highest BCUT2D eigenvalue weighted by Gasteiger charge is 2.34. The molecule has 0 bridgehead atoms. The summed E-state index contributed by atoms with van der Waals surface area (Å²) in [5, 5.41) is 0. The minimum absolute atomic E-state index is 0.0898. The lowest BCUT2D eigenvalue weighted by Crippen LogP contribution is -2.40. The van der Waals surface area contributed by atoms with Crippen molar-refractivity contribution in [3.05, 3.63) is 17.5 Å². The summed E-state index contributed by atoms with van der Waals surface area (Å²) in [5.74, 6) is -1.88. The van der Waals surface area contributed by atoms with Crippen molar-refractivity contribution in [2.24, 2.45) is 0 Å². The maximum absolute atomic E-state index is 13.0. The van der Waals surface area contributed by atoms with Crippen LogP contribution in [0.1, 0.15) is 30.5 Å². The Labute approximate surface area is 98.9 Å². The molecule has 1 fully saturated rings. The van der Waals surface area contributed by atoms with Crippen LogP contribution in [0.15, 0.2) is 6.20 Å². The number of alkyl halides is 2. The van der Waals surface area contributed by atoms with Gasteiger partial charge in [-0.1, -0.05) is 0 Å². The summed E-state index contributed by atoms with van der Waals surface area (Å²) in [6, 6.07) is 0.